The van der Waals surface area contributed by atoms with E-state index < -0.39 is 5.97 Å². The summed E-state index contributed by atoms with van der Waals surface area (Å²) in [7, 11) is 1.53. The smallest absolute Gasteiger partial charge is 0.317 e. The molecular weight excluding hydrogens is 208 g/mol. The van der Waals surface area contributed by atoms with Crippen LogP contribution in [-0.2, 0) is 11.3 Å². The van der Waals surface area contributed by atoms with Crippen molar-refractivity contribution in [3.63, 3.8) is 0 Å². The number of benzene rings is 1. The van der Waals surface area contributed by atoms with Gasteiger partial charge >= 0.3 is 5.97 Å². The Morgan fingerprint density at radius 2 is 2.38 bits per heavy atom. The van der Waals surface area contributed by atoms with Gasteiger partial charge in [-0.2, -0.15) is 5.26 Å². The summed E-state index contributed by atoms with van der Waals surface area (Å²) < 4.78 is 5.11. The van der Waals surface area contributed by atoms with Crippen molar-refractivity contribution in [1.82, 2.24) is 5.32 Å². The molecule has 0 saturated heterocycles. The number of carboxylic acid groups (broad SMARTS) is 1. The largest absolute Gasteiger partial charge is 0.496 e. The Hall–Kier alpha value is -2.06. The molecule has 0 bridgehead atoms. The Morgan fingerprint density at radius 3 is 2.94 bits per heavy atom. The molecule has 0 amide bonds. The van der Waals surface area contributed by atoms with Crippen molar-refractivity contribution in [3.8, 4) is 11.8 Å². The fraction of sp³-hybridized carbons (Fsp3) is 0.273. The van der Waals surface area contributed by atoms with Gasteiger partial charge in [-0.3, -0.25) is 4.79 Å². The molecule has 0 atom stereocenters. The van der Waals surface area contributed by atoms with E-state index in [1.165, 1.54) is 7.11 Å². The van der Waals surface area contributed by atoms with Gasteiger partial charge in [-0.05, 0) is 18.2 Å². The summed E-state index contributed by atoms with van der Waals surface area (Å²) in [6, 6.07) is 7.04. The van der Waals surface area contributed by atoms with Gasteiger partial charge in [0.05, 0.1) is 25.3 Å². The van der Waals surface area contributed by atoms with E-state index in [1.807, 2.05) is 6.07 Å². The van der Waals surface area contributed by atoms with E-state index >= 15 is 0 Å². The van der Waals surface area contributed by atoms with Gasteiger partial charge in [0.1, 0.15) is 5.75 Å². The highest BCUT2D eigenvalue weighted by Crippen LogP contribution is 2.19. The quantitative estimate of drug-likeness (QED) is 0.764. The van der Waals surface area contributed by atoms with Gasteiger partial charge in [0.15, 0.2) is 0 Å². The second-order valence-corrected chi connectivity index (χ2v) is 3.14. The highest BCUT2D eigenvalue weighted by molar-refractivity contribution is 5.69. The van der Waals surface area contributed by atoms with Crippen LogP contribution in [0, 0.1) is 11.3 Å². The van der Waals surface area contributed by atoms with Gasteiger partial charge in [0, 0.05) is 12.1 Å². The van der Waals surface area contributed by atoms with Crippen molar-refractivity contribution < 1.29 is 14.6 Å². The molecule has 0 aliphatic carbocycles. The molecule has 1 rings (SSSR count). The molecule has 0 unspecified atom stereocenters. The number of hydrogen-bond acceptors (Lipinski definition) is 4. The molecule has 0 aliphatic heterocycles. The van der Waals surface area contributed by atoms with Crippen LogP contribution in [0.2, 0.25) is 0 Å². The lowest BCUT2D eigenvalue weighted by Crippen LogP contribution is -2.22. The summed E-state index contributed by atoms with van der Waals surface area (Å²) in [5, 5.41) is 19.9. The lowest BCUT2D eigenvalue weighted by molar-refractivity contribution is -0.135. The van der Waals surface area contributed by atoms with Crippen molar-refractivity contribution in [2.24, 2.45) is 0 Å². The van der Waals surface area contributed by atoms with E-state index in [1.54, 1.807) is 18.2 Å². The minimum absolute atomic E-state index is 0.125. The Labute approximate surface area is 93.3 Å². The predicted octanol–water partition coefficient (Wildman–Crippen LogP) is 0.741. The third kappa shape index (κ3) is 3.26. The molecule has 5 nitrogen and oxygen atoms in total. The minimum Gasteiger partial charge on any atom is -0.496 e. The van der Waals surface area contributed by atoms with Crippen molar-refractivity contribution >= 4 is 5.97 Å². The SMILES string of the molecule is COc1ccc(C#N)cc1CNCC(=O)O. The van der Waals surface area contributed by atoms with Gasteiger partial charge < -0.3 is 15.2 Å². The summed E-state index contributed by atoms with van der Waals surface area (Å²) in [4.78, 5) is 10.3. The number of nitrogens with one attached hydrogen (secondary N) is 1. The molecule has 0 spiro atoms. The Kier molecular flexibility index (Phi) is 4.30. The van der Waals surface area contributed by atoms with Crippen LogP contribution in [0.1, 0.15) is 11.1 Å². The molecular formula is C11H12N2O3. The average molecular weight is 220 g/mol. The van der Waals surface area contributed by atoms with Gasteiger partial charge in [-0.15, -0.1) is 0 Å². The van der Waals surface area contributed by atoms with Crippen molar-refractivity contribution in [2.75, 3.05) is 13.7 Å². The first-order valence-corrected chi connectivity index (χ1v) is 4.67. The van der Waals surface area contributed by atoms with Crippen molar-refractivity contribution in [3.05, 3.63) is 29.3 Å². The van der Waals surface area contributed by atoms with Crippen LogP contribution in [0.15, 0.2) is 18.2 Å². The average Bonchev–Trinajstić information content (AvgIpc) is 2.28. The summed E-state index contributed by atoms with van der Waals surface area (Å²) in [6.07, 6.45) is 0. The van der Waals surface area contributed by atoms with Crippen molar-refractivity contribution in [1.29, 1.82) is 5.26 Å². The number of aliphatic carboxylic acids is 1. The van der Waals surface area contributed by atoms with Crippen LogP contribution in [0.25, 0.3) is 0 Å². The van der Waals surface area contributed by atoms with E-state index in [4.69, 9.17) is 15.1 Å². The van der Waals surface area contributed by atoms with Gasteiger partial charge in [-0.1, -0.05) is 0 Å². The third-order valence-corrected chi connectivity index (χ3v) is 2.00. The fourth-order valence-corrected chi connectivity index (χ4v) is 1.29. The first kappa shape index (κ1) is 12.0. The molecule has 84 valence electrons. The van der Waals surface area contributed by atoms with Crippen molar-refractivity contribution in [2.45, 2.75) is 6.54 Å². The molecule has 1 aromatic rings. The van der Waals surface area contributed by atoms with Crippen LogP contribution in [0.5, 0.6) is 5.75 Å². The zero-order chi connectivity index (χ0) is 12.0. The fourth-order valence-electron chi connectivity index (χ4n) is 1.29. The van der Waals surface area contributed by atoms with Crippen LogP contribution < -0.4 is 10.1 Å². The summed E-state index contributed by atoms with van der Waals surface area (Å²) in [6.45, 7) is 0.227. The lowest BCUT2D eigenvalue weighted by Gasteiger charge is -2.08. The predicted molar refractivity (Wildman–Crippen MR) is 57.1 cm³/mol. The molecule has 0 saturated carbocycles. The molecule has 0 radical (unpaired) electrons. The Balaban J connectivity index is 2.76. The van der Waals surface area contributed by atoms with Gasteiger partial charge in [0.25, 0.3) is 0 Å². The highest BCUT2D eigenvalue weighted by atomic mass is 16.5. The molecule has 0 fully saturated rings. The second kappa shape index (κ2) is 5.73. The number of methoxy groups -OCH3 is 1. The first-order valence-electron chi connectivity index (χ1n) is 4.67. The molecule has 16 heavy (non-hydrogen) atoms. The molecule has 2 N–H and O–H groups in total. The highest BCUT2D eigenvalue weighted by Gasteiger charge is 2.05. The number of carbonyl (C=O) groups is 1. The Bertz CT molecular complexity index is 424. The van der Waals surface area contributed by atoms with E-state index in [0.717, 1.165) is 5.56 Å². The number of carboxylic acids is 1. The second-order valence-electron chi connectivity index (χ2n) is 3.14. The van der Waals surface area contributed by atoms with E-state index in [0.29, 0.717) is 17.9 Å². The number of ether oxygens (including phenoxy) is 1. The Morgan fingerprint density at radius 1 is 1.62 bits per heavy atom. The zero-order valence-corrected chi connectivity index (χ0v) is 8.86. The summed E-state index contributed by atoms with van der Waals surface area (Å²) in [5.41, 5.74) is 1.29. The maximum absolute atomic E-state index is 10.3. The maximum Gasteiger partial charge on any atom is 0.317 e. The van der Waals surface area contributed by atoms with Crippen LogP contribution >= 0.6 is 0 Å². The van der Waals surface area contributed by atoms with Gasteiger partial charge in [-0.25, -0.2) is 0 Å². The lowest BCUT2D eigenvalue weighted by atomic mass is 10.1. The molecule has 0 aromatic heterocycles. The molecule has 1 aromatic carbocycles. The maximum atomic E-state index is 10.3. The minimum atomic E-state index is -0.921. The van der Waals surface area contributed by atoms with Crippen LogP contribution in [0.4, 0.5) is 0 Å². The normalized spacial score (nSPS) is 9.50. The van der Waals surface area contributed by atoms with Crippen LogP contribution in [-0.4, -0.2) is 24.7 Å². The number of hydrogen-bond donors (Lipinski definition) is 2. The molecule has 5 heteroatoms. The monoisotopic (exact) mass is 220 g/mol. The standard InChI is InChI=1S/C11H12N2O3/c1-16-10-3-2-8(5-12)4-9(10)6-13-7-11(14)15/h2-4,13H,6-7H2,1H3,(H,14,15). The van der Waals surface area contributed by atoms with E-state index in [2.05, 4.69) is 5.32 Å². The number of nitrogens with zero attached hydrogens (tertiary/aromatic N) is 1. The first-order chi connectivity index (χ1) is 7.67. The van der Waals surface area contributed by atoms with E-state index in [9.17, 15) is 4.79 Å². The van der Waals surface area contributed by atoms with E-state index in [-0.39, 0.29) is 6.54 Å². The molecule has 0 aliphatic rings. The van der Waals surface area contributed by atoms with Crippen LogP contribution in [0.3, 0.4) is 0 Å². The summed E-state index contributed by atoms with van der Waals surface area (Å²) in [5.74, 6) is -0.285. The topological polar surface area (TPSA) is 82.3 Å². The molecule has 0 heterocycles. The zero-order valence-electron chi connectivity index (χ0n) is 8.86. The summed E-state index contributed by atoms with van der Waals surface area (Å²) >= 11 is 0. The number of rotatable bonds is 5. The number of nitriles is 1. The third-order valence-electron chi connectivity index (χ3n) is 2.00. The van der Waals surface area contributed by atoms with Gasteiger partial charge in [0.2, 0.25) is 0 Å².